The quantitative estimate of drug-likeness (QED) is 0.817. The van der Waals surface area contributed by atoms with Crippen molar-refractivity contribution in [3.8, 4) is 0 Å². The standard InChI is InChI=1S/C22H29N3OS/c1-22(2,3)17-9-15(14-4-5-14)8-16-18(23)10-19(25-20(16)17)21(26)24-11-13-6-7-27-12-13/h8-10,13-14H,4-7,11-12H2,1-3H3,(H2,23,25)(H,24,26)/t13-/m1/s1. The number of nitrogens with two attached hydrogens (primary N) is 1. The van der Waals surface area contributed by atoms with Crippen molar-refractivity contribution in [1.29, 1.82) is 0 Å². The Morgan fingerprint density at radius 2 is 2.04 bits per heavy atom. The van der Waals surface area contributed by atoms with Crippen molar-refractivity contribution in [1.82, 2.24) is 10.3 Å². The van der Waals surface area contributed by atoms with Gasteiger partial charge >= 0.3 is 0 Å². The second kappa shape index (κ2) is 7.01. The lowest BCUT2D eigenvalue weighted by molar-refractivity contribution is 0.0944. The van der Waals surface area contributed by atoms with Gasteiger partial charge in [-0.15, -0.1) is 0 Å². The van der Waals surface area contributed by atoms with Crippen molar-refractivity contribution < 1.29 is 4.79 Å². The maximum Gasteiger partial charge on any atom is 0.269 e. The van der Waals surface area contributed by atoms with E-state index in [9.17, 15) is 4.79 Å². The average molecular weight is 384 g/mol. The van der Waals surface area contributed by atoms with E-state index in [4.69, 9.17) is 10.7 Å². The fourth-order valence-electron chi connectivity index (χ4n) is 3.79. The molecule has 2 fully saturated rings. The molecule has 1 amide bonds. The summed E-state index contributed by atoms with van der Waals surface area (Å²) in [4.78, 5) is 17.5. The molecule has 1 aliphatic heterocycles. The van der Waals surface area contributed by atoms with Crippen LogP contribution < -0.4 is 11.1 Å². The van der Waals surface area contributed by atoms with Crippen LogP contribution in [0.1, 0.15) is 67.6 Å². The molecule has 144 valence electrons. The highest BCUT2D eigenvalue weighted by Gasteiger charge is 2.28. The Morgan fingerprint density at radius 1 is 1.26 bits per heavy atom. The summed E-state index contributed by atoms with van der Waals surface area (Å²) in [6.07, 6.45) is 3.68. The van der Waals surface area contributed by atoms with Gasteiger partial charge in [-0.2, -0.15) is 11.8 Å². The number of hydrogen-bond donors (Lipinski definition) is 2. The summed E-state index contributed by atoms with van der Waals surface area (Å²) in [5.74, 6) is 3.43. The summed E-state index contributed by atoms with van der Waals surface area (Å²) in [5.41, 5.74) is 10.8. The van der Waals surface area contributed by atoms with Gasteiger partial charge in [-0.1, -0.05) is 26.8 Å². The monoisotopic (exact) mass is 383 g/mol. The zero-order valence-electron chi connectivity index (χ0n) is 16.5. The second-order valence-corrected chi connectivity index (χ2v) is 10.2. The number of nitrogens with zero attached hydrogens (tertiary/aromatic N) is 1. The van der Waals surface area contributed by atoms with Crippen LogP contribution in [0.25, 0.3) is 10.9 Å². The fourth-order valence-corrected chi connectivity index (χ4v) is 5.07. The fraction of sp³-hybridized carbons (Fsp3) is 0.545. The molecule has 1 saturated heterocycles. The first kappa shape index (κ1) is 18.6. The molecule has 2 aromatic rings. The van der Waals surface area contributed by atoms with Crippen LogP contribution in [0.2, 0.25) is 0 Å². The van der Waals surface area contributed by atoms with Gasteiger partial charge in [0, 0.05) is 17.6 Å². The number of carbonyl (C=O) groups excluding carboxylic acids is 1. The van der Waals surface area contributed by atoms with Crippen molar-refractivity contribution in [2.45, 2.75) is 51.4 Å². The van der Waals surface area contributed by atoms with Gasteiger partial charge in [0.05, 0.1) is 5.52 Å². The molecule has 0 radical (unpaired) electrons. The maximum atomic E-state index is 12.7. The molecule has 27 heavy (non-hydrogen) atoms. The Kier molecular flexibility index (Phi) is 4.83. The lowest BCUT2D eigenvalue weighted by Gasteiger charge is -2.23. The molecule has 0 unspecified atom stereocenters. The number of aromatic nitrogens is 1. The van der Waals surface area contributed by atoms with E-state index in [2.05, 4.69) is 38.2 Å². The van der Waals surface area contributed by atoms with Crippen LogP contribution in [0.3, 0.4) is 0 Å². The number of amides is 1. The molecule has 1 atom stereocenters. The Bertz CT molecular complexity index is 877. The minimum Gasteiger partial charge on any atom is -0.398 e. The number of anilines is 1. The van der Waals surface area contributed by atoms with Gasteiger partial charge < -0.3 is 11.1 Å². The van der Waals surface area contributed by atoms with Crippen molar-refractivity contribution >= 4 is 34.3 Å². The van der Waals surface area contributed by atoms with E-state index < -0.39 is 0 Å². The number of thioether (sulfide) groups is 1. The molecule has 5 heteroatoms. The van der Waals surface area contributed by atoms with E-state index in [0.717, 1.165) is 23.2 Å². The Hall–Kier alpha value is -1.75. The highest BCUT2D eigenvalue weighted by atomic mass is 32.2. The number of hydrogen-bond acceptors (Lipinski definition) is 4. The molecule has 4 rings (SSSR count). The van der Waals surface area contributed by atoms with Crippen molar-refractivity contribution in [2.24, 2.45) is 5.92 Å². The minimum absolute atomic E-state index is 0.0568. The lowest BCUT2D eigenvalue weighted by atomic mass is 9.83. The predicted octanol–water partition coefficient (Wildman–Crippen LogP) is 4.47. The third kappa shape index (κ3) is 3.93. The molecule has 1 aromatic heterocycles. The number of benzene rings is 1. The zero-order valence-corrected chi connectivity index (χ0v) is 17.3. The van der Waals surface area contributed by atoms with Crippen LogP contribution >= 0.6 is 11.8 Å². The molecule has 1 aliphatic carbocycles. The first-order chi connectivity index (χ1) is 12.8. The number of pyridine rings is 1. The topological polar surface area (TPSA) is 68.0 Å². The van der Waals surface area contributed by atoms with Gasteiger partial charge in [-0.3, -0.25) is 4.79 Å². The molecule has 0 spiro atoms. The van der Waals surface area contributed by atoms with Gasteiger partial charge in [0.25, 0.3) is 5.91 Å². The molecule has 2 aliphatic rings. The van der Waals surface area contributed by atoms with E-state index in [-0.39, 0.29) is 11.3 Å². The van der Waals surface area contributed by atoms with E-state index >= 15 is 0 Å². The third-order valence-corrected chi connectivity index (χ3v) is 6.86. The van der Waals surface area contributed by atoms with Crippen LogP contribution in [-0.4, -0.2) is 28.9 Å². The molecular formula is C22H29N3OS. The van der Waals surface area contributed by atoms with Gasteiger partial charge in [0.2, 0.25) is 0 Å². The van der Waals surface area contributed by atoms with Crippen LogP contribution in [-0.2, 0) is 5.41 Å². The predicted molar refractivity (Wildman–Crippen MR) is 115 cm³/mol. The lowest BCUT2D eigenvalue weighted by Crippen LogP contribution is -2.30. The van der Waals surface area contributed by atoms with E-state index in [1.807, 2.05) is 11.8 Å². The van der Waals surface area contributed by atoms with Gasteiger partial charge in [-0.05, 0) is 71.3 Å². The summed E-state index contributed by atoms with van der Waals surface area (Å²) in [6, 6.07) is 6.20. The van der Waals surface area contributed by atoms with E-state index in [1.54, 1.807) is 6.07 Å². The number of nitrogen functional groups attached to an aromatic ring is 1. The molecule has 1 saturated carbocycles. The van der Waals surface area contributed by atoms with Crippen LogP contribution in [0.4, 0.5) is 5.69 Å². The van der Waals surface area contributed by atoms with Gasteiger partial charge in [0.1, 0.15) is 5.69 Å². The molecule has 1 aromatic carbocycles. The second-order valence-electron chi connectivity index (χ2n) is 9.03. The smallest absolute Gasteiger partial charge is 0.269 e. The van der Waals surface area contributed by atoms with Crippen molar-refractivity contribution in [3.63, 3.8) is 0 Å². The molecule has 0 bridgehead atoms. The number of carbonyl (C=O) groups is 1. The van der Waals surface area contributed by atoms with Crippen LogP contribution in [0.5, 0.6) is 0 Å². The summed E-state index contributed by atoms with van der Waals surface area (Å²) in [6.45, 7) is 7.31. The molecular weight excluding hydrogens is 354 g/mol. The van der Waals surface area contributed by atoms with Crippen LogP contribution in [0.15, 0.2) is 18.2 Å². The highest BCUT2D eigenvalue weighted by molar-refractivity contribution is 7.99. The summed E-state index contributed by atoms with van der Waals surface area (Å²) in [7, 11) is 0. The Balaban J connectivity index is 1.70. The largest absolute Gasteiger partial charge is 0.398 e. The molecule has 4 nitrogen and oxygen atoms in total. The minimum atomic E-state index is -0.119. The highest BCUT2D eigenvalue weighted by Crippen LogP contribution is 2.44. The first-order valence-electron chi connectivity index (χ1n) is 9.93. The first-order valence-corrected chi connectivity index (χ1v) is 11.1. The Morgan fingerprint density at radius 3 is 2.67 bits per heavy atom. The molecule has 2 heterocycles. The summed E-state index contributed by atoms with van der Waals surface area (Å²) >= 11 is 1.96. The number of nitrogens with one attached hydrogen (secondary N) is 1. The van der Waals surface area contributed by atoms with Crippen molar-refractivity contribution in [2.75, 3.05) is 23.8 Å². The van der Waals surface area contributed by atoms with Gasteiger partial charge in [0.15, 0.2) is 0 Å². The van der Waals surface area contributed by atoms with Crippen molar-refractivity contribution in [3.05, 3.63) is 35.0 Å². The SMILES string of the molecule is CC(C)(C)c1cc(C2CC2)cc2c(N)cc(C(=O)NC[C@H]3CCSC3)nc12. The number of fused-ring (bicyclic) bond motifs is 1. The van der Waals surface area contributed by atoms with E-state index in [1.165, 1.54) is 36.1 Å². The average Bonchev–Trinajstić information content (AvgIpc) is 3.34. The number of rotatable bonds is 4. The molecule has 3 N–H and O–H groups in total. The zero-order chi connectivity index (χ0) is 19.2. The third-order valence-electron chi connectivity index (χ3n) is 5.63. The van der Waals surface area contributed by atoms with Crippen LogP contribution in [0, 0.1) is 5.92 Å². The van der Waals surface area contributed by atoms with E-state index in [0.29, 0.717) is 23.2 Å². The summed E-state index contributed by atoms with van der Waals surface area (Å²) < 4.78 is 0. The Labute approximate surface area is 165 Å². The van der Waals surface area contributed by atoms with Gasteiger partial charge in [-0.25, -0.2) is 4.98 Å². The maximum absolute atomic E-state index is 12.7. The normalized spacial score (nSPS) is 20.2. The summed E-state index contributed by atoms with van der Waals surface area (Å²) in [5, 5.41) is 4.04.